The molecule has 0 unspecified atom stereocenters. The summed E-state index contributed by atoms with van der Waals surface area (Å²) in [7, 11) is 1.42. The highest BCUT2D eigenvalue weighted by atomic mass is 16.5. The van der Waals surface area contributed by atoms with Crippen LogP contribution >= 0.6 is 0 Å². The first kappa shape index (κ1) is 10.7. The summed E-state index contributed by atoms with van der Waals surface area (Å²) >= 11 is 0. The van der Waals surface area contributed by atoms with E-state index in [9.17, 15) is 10.2 Å². The first-order valence-corrected chi connectivity index (χ1v) is 4.25. The second-order valence-corrected chi connectivity index (χ2v) is 3.77. The molecule has 0 aliphatic carbocycles. The average Bonchev–Trinajstić information content (AvgIpc) is 2.07. The molecule has 0 spiro atoms. The maximum Gasteiger partial charge on any atom is 0.200 e. The maximum absolute atomic E-state index is 9.39. The Morgan fingerprint density at radius 2 is 1.86 bits per heavy atom. The molecule has 0 heterocycles. The van der Waals surface area contributed by atoms with Crippen molar-refractivity contribution in [3.05, 3.63) is 17.7 Å². The van der Waals surface area contributed by atoms with Gasteiger partial charge in [0.25, 0.3) is 0 Å². The van der Waals surface area contributed by atoms with Crippen LogP contribution in [-0.4, -0.2) is 17.3 Å². The highest BCUT2D eigenvalue weighted by molar-refractivity contribution is 5.53. The molecule has 0 aliphatic rings. The van der Waals surface area contributed by atoms with Gasteiger partial charge in [-0.25, -0.2) is 0 Å². The van der Waals surface area contributed by atoms with Gasteiger partial charge < -0.3 is 20.7 Å². The molecular weight excluding hydrogens is 182 g/mol. The summed E-state index contributed by atoms with van der Waals surface area (Å²) in [6.45, 7) is 3.61. The van der Waals surface area contributed by atoms with E-state index in [2.05, 4.69) is 0 Å². The topological polar surface area (TPSA) is 75.7 Å². The third-order valence-electron chi connectivity index (χ3n) is 2.02. The molecule has 0 saturated carbocycles. The molecule has 4 N–H and O–H groups in total. The van der Waals surface area contributed by atoms with Gasteiger partial charge in [0.2, 0.25) is 5.75 Å². The largest absolute Gasteiger partial charge is 0.504 e. The summed E-state index contributed by atoms with van der Waals surface area (Å²) in [4.78, 5) is 0. The lowest BCUT2D eigenvalue weighted by Crippen LogP contribution is -2.28. The molecule has 0 atom stereocenters. The lowest BCUT2D eigenvalue weighted by atomic mass is 9.95. The molecule has 0 bridgehead atoms. The second-order valence-electron chi connectivity index (χ2n) is 3.77. The molecule has 14 heavy (non-hydrogen) atoms. The summed E-state index contributed by atoms with van der Waals surface area (Å²) in [5.74, 6) is -0.267. The van der Waals surface area contributed by atoms with Gasteiger partial charge in [0.05, 0.1) is 7.11 Å². The zero-order valence-corrected chi connectivity index (χ0v) is 8.53. The lowest BCUT2D eigenvalue weighted by Gasteiger charge is -2.20. The van der Waals surface area contributed by atoms with Crippen LogP contribution in [0.25, 0.3) is 0 Å². The monoisotopic (exact) mass is 197 g/mol. The Morgan fingerprint density at radius 3 is 2.29 bits per heavy atom. The van der Waals surface area contributed by atoms with Gasteiger partial charge in [-0.05, 0) is 31.5 Å². The summed E-state index contributed by atoms with van der Waals surface area (Å²) in [5, 5.41) is 18.8. The smallest absolute Gasteiger partial charge is 0.200 e. The van der Waals surface area contributed by atoms with E-state index in [0.29, 0.717) is 5.56 Å². The van der Waals surface area contributed by atoms with Gasteiger partial charge >= 0.3 is 0 Å². The van der Waals surface area contributed by atoms with E-state index in [1.165, 1.54) is 13.2 Å². The molecule has 0 aromatic heterocycles. The van der Waals surface area contributed by atoms with Gasteiger partial charge in [-0.3, -0.25) is 0 Å². The van der Waals surface area contributed by atoms with Gasteiger partial charge in [-0.15, -0.1) is 0 Å². The number of rotatable bonds is 2. The molecule has 1 aromatic carbocycles. The fraction of sp³-hybridized carbons (Fsp3) is 0.400. The van der Waals surface area contributed by atoms with Crippen molar-refractivity contribution < 1.29 is 14.9 Å². The molecule has 0 saturated heterocycles. The SMILES string of the molecule is COc1cc(C(C)(C)N)cc(O)c1O. The summed E-state index contributed by atoms with van der Waals surface area (Å²) in [6.07, 6.45) is 0. The summed E-state index contributed by atoms with van der Waals surface area (Å²) in [6, 6.07) is 3.03. The van der Waals surface area contributed by atoms with Crippen molar-refractivity contribution in [2.75, 3.05) is 7.11 Å². The molecule has 78 valence electrons. The highest BCUT2D eigenvalue weighted by Crippen LogP contribution is 2.38. The van der Waals surface area contributed by atoms with Gasteiger partial charge in [0.1, 0.15) is 0 Å². The van der Waals surface area contributed by atoms with Crippen molar-refractivity contribution in [3.63, 3.8) is 0 Å². The Balaban J connectivity index is 3.30. The predicted octanol–water partition coefficient (Wildman–Crippen LogP) is 1.30. The molecular formula is C10H15NO3. The van der Waals surface area contributed by atoms with E-state index in [1.54, 1.807) is 19.9 Å². The standard InChI is InChI=1S/C10H15NO3/c1-10(2,11)6-4-7(12)9(13)8(5-6)14-3/h4-5,12-13H,11H2,1-3H3. The van der Waals surface area contributed by atoms with E-state index in [4.69, 9.17) is 10.5 Å². The normalized spacial score (nSPS) is 11.4. The first-order valence-electron chi connectivity index (χ1n) is 4.25. The number of ether oxygens (including phenoxy) is 1. The highest BCUT2D eigenvalue weighted by Gasteiger charge is 2.19. The van der Waals surface area contributed by atoms with Crippen LogP contribution in [-0.2, 0) is 5.54 Å². The van der Waals surface area contributed by atoms with Crippen molar-refractivity contribution in [2.45, 2.75) is 19.4 Å². The van der Waals surface area contributed by atoms with Gasteiger partial charge in [-0.1, -0.05) is 0 Å². The van der Waals surface area contributed by atoms with E-state index in [1.807, 2.05) is 0 Å². The zero-order valence-electron chi connectivity index (χ0n) is 8.53. The van der Waals surface area contributed by atoms with Crippen LogP contribution in [0.3, 0.4) is 0 Å². The van der Waals surface area contributed by atoms with Crippen molar-refractivity contribution in [3.8, 4) is 17.2 Å². The Hall–Kier alpha value is -1.42. The van der Waals surface area contributed by atoms with Crippen molar-refractivity contribution in [2.24, 2.45) is 5.73 Å². The minimum absolute atomic E-state index is 0.221. The van der Waals surface area contributed by atoms with Gasteiger partial charge in [0, 0.05) is 5.54 Å². The van der Waals surface area contributed by atoms with E-state index in [-0.39, 0.29) is 17.2 Å². The Kier molecular flexibility index (Phi) is 2.57. The lowest BCUT2D eigenvalue weighted by molar-refractivity contribution is 0.348. The number of methoxy groups -OCH3 is 1. The molecule has 4 nitrogen and oxygen atoms in total. The number of nitrogens with two attached hydrogens (primary N) is 1. The van der Waals surface area contributed by atoms with Crippen LogP contribution in [0, 0.1) is 0 Å². The third-order valence-corrected chi connectivity index (χ3v) is 2.02. The van der Waals surface area contributed by atoms with Gasteiger partial charge in [-0.2, -0.15) is 0 Å². The number of aromatic hydroxyl groups is 2. The fourth-order valence-electron chi connectivity index (χ4n) is 1.12. The number of hydrogen-bond acceptors (Lipinski definition) is 4. The van der Waals surface area contributed by atoms with Crippen LogP contribution in [0.15, 0.2) is 12.1 Å². The van der Waals surface area contributed by atoms with Crippen LogP contribution in [0.1, 0.15) is 19.4 Å². The molecule has 4 heteroatoms. The quantitative estimate of drug-likeness (QED) is 0.624. The fourth-order valence-corrected chi connectivity index (χ4v) is 1.12. The number of phenols is 2. The molecule has 1 rings (SSSR count). The van der Waals surface area contributed by atoms with Crippen LogP contribution < -0.4 is 10.5 Å². The first-order chi connectivity index (χ1) is 6.36. The van der Waals surface area contributed by atoms with E-state index in [0.717, 1.165) is 0 Å². The van der Waals surface area contributed by atoms with Crippen LogP contribution in [0.5, 0.6) is 17.2 Å². The zero-order chi connectivity index (χ0) is 10.9. The number of hydrogen-bond donors (Lipinski definition) is 3. The van der Waals surface area contributed by atoms with Crippen LogP contribution in [0.4, 0.5) is 0 Å². The van der Waals surface area contributed by atoms with E-state index >= 15 is 0 Å². The molecule has 1 aromatic rings. The number of phenolic OH excluding ortho intramolecular Hbond substituents is 2. The van der Waals surface area contributed by atoms with Crippen LogP contribution in [0.2, 0.25) is 0 Å². The average molecular weight is 197 g/mol. The predicted molar refractivity (Wildman–Crippen MR) is 53.5 cm³/mol. The molecule has 0 fully saturated rings. The van der Waals surface area contributed by atoms with Crippen molar-refractivity contribution >= 4 is 0 Å². The number of benzene rings is 1. The molecule has 0 amide bonds. The Morgan fingerprint density at radius 1 is 1.29 bits per heavy atom. The summed E-state index contributed by atoms with van der Waals surface area (Å²) in [5.41, 5.74) is 5.96. The third kappa shape index (κ3) is 1.90. The van der Waals surface area contributed by atoms with Gasteiger partial charge in [0.15, 0.2) is 11.5 Å². The van der Waals surface area contributed by atoms with Crippen molar-refractivity contribution in [1.29, 1.82) is 0 Å². The minimum Gasteiger partial charge on any atom is -0.504 e. The van der Waals surface area contributed by atoms with Crippen molar-refractivity contribution in [1.82, 2.24) is 0 Å². The van der Waals surface area contributed by atoms with E-state index < -0.39 is 5.54 Å². The Bertz CT molecular complexity index is 342. The minimum atomic E-state index is -0.585. The maximum atomic E-state index is 9.39. The molecule has 0 radical (unpaired) electrons. The second kappa shape index (κ2) is 3.38. The Labute approximate surface area is 82.9 Å². The summed E-state index contributed by atoms with van der Waals surface area (Å²) < 4.78 is 4.90. The molecule has 0 aliphatic heterocycles.